The molecule has 0 spiro atoms. The van der Waals surface area contributed by atoms with E-state index in [0.29, 0.717) is 18.2 Å². The molecule has 0 radical (unpaired) electrons. The Hall–Kier alpha value is -1.04. The molecule has 1 fully saturated rings. The van der Waals surface area contributed by atoms with Crippen molar-refractivity contribution in [1.82, 2.24) is 9.88 Å². The Labute approximate surface area is 119 Å². The number of rotatable bonds is 6. The first-order valence-electron chi connectivity index (χ1n) is 7.35. The van der Waals surface area contributed by atoms with E-state index < -0.39 is 6.10 Å². The zero-order valence-electron chi connectivity index (χ0n) is 11.7. The number of likely N-dealkylation sites (tertiary alicyclic amines) is 1. The quantitative estimate of drug-likeness (QED) is 0.836. The Bertz CT molecular complexity index is 397. The molecule has 2 N–H and O–H groups in total. The maximum atomic E-state index is 12.8. The van der Waals surface area contributed by atoms with Crippen LogP contribution in [0.4, 0.5) is 4.39 Å². The van der Waals surface area contributed by atoms with Crippen molar-refractivity contribution >= 4 is 0 Å². The first kappa shape index (κ1) is 15.4. The van der Waals surface area contributed by atoms with Crippen LogP contribution in [-0.2, 0) is 0 Å². The monoisotopic (exact) mass is 282 g/mol. The van der Waals surface area contributed by atoms with E-state index in [1.807, 2.05) is 0 Å². The summed E-state index contributed by atoms with van der Waals surface area (Å²) in [6.45, 7) is 2.02. The number of pyridine rings is 1. The highest BCUT2D eigenvalue weighted by atomic mass is 19.1. The zero-order chi connectivity index (χ0) is 14.4. The molecule has 0 saturated carbocycles. The van der Waals surface area contributed by atoms with Gasteiger partial charge in [-0.25, -0.2) is 4.39 Å². The molecule has 1 aliphatic heterocycles. The topological polar surface area (TPSA) is 56.6 Å². The Morgan fingerprint density at radius 3 is 2.95 bits per heavy atom. The van der Waals surface area contributed by atoms with Gasteiger partial charge in [-0.3, -0.25) is 4.98 Å². The summed E-state index contributed by atoms with van der Waals surface area (Å²) in [6.07, 6.45) is 5.35. The predicted octanol–water partition coefficient (Wildman–Crippen LogP) is 1.88. The number of nitrogens with zero attached hydrogens (tertiary/aromatic N) is 2. The molecule has 2 heterocycles. The molecule has 1 saturated heterocycles. The third-order valence-corrected chi connectivity index (χ3v) is 3.99. The summed E-state index contributed by atoms with van der Waals surface area (Å²) in [4.78, 5) is 6.25. The van der Waals surface area contributed by atoms with Crippen molar-refractivity contribution in [2.45, 2.75) is 44.2 Å². The smallest absolute Gasteiger partial charge is 0.141 e. The summed E-state index contributed by atoms with van der Waals surface area (Å²) >= 11 is 0. The van der Waals surface area contributed by atoms with Crippen LogP contribution in [0.3, 0.4) is 0 Å². The Morgan fingerprint density at radius 2 is 2.25 bits per heavy atom. The number of aliphatic hydroxyl groups is 2. The fraction of sp³-hybridized carbons (Fsp3) is 0.667. The van der Waals surface area contributed by atoms with Crippen LogP contribution >= 0.6 is 0 Å². The van der Waals surface area contributed by atoms with Crippen LogP contribution in [0.2, 0.25) is 0 Å². The highest BCUT2D eigenvalue weighted by Crippen LogP contribution is 2.22. The van der Waals surface area contributed by atoms with E-state index in [9.17, 15) is 9.50 Å². The highest BCUT2D eigenvalue weighted by Gasteiger charge is 2.22. The lowest BCUT2D eigenvalue weighted by molar-refractivity contribution is 0.0877. The number of halogens is 1. The van der Waals surface area contributed by atoms with Crippen molar-refractivity contribution in [2.24, 2.45) is 0 Å². The first-order valence-corrected chi connectivity index (χ1v) is 7.35. The number of hydrogen-bond donors (Lipinski definition) is 2. The number of aromatic nitrogens is 1. The lowest BCUT2D eigenvalue weighted by Crippen LogP contribution is -2.41. The van der Waals surface area contributed by atoms with Gasteiger partial charge >= 0.3 is 0 Å². The van der Waals surface area contributed by atoms with Gasteiger partial charge in [0.25, 0.3) is 0 Å². The van der Waals surface area contributed by atoms with Gasteiger partial charge in [-0.15, -0.1) is 0 Å². The maximum absolute atomic E-state index is 12.8. The average molecular weight is 282 g/mol. The third-order valence-electron chi connectivity index (χ3n) is 3.99. The van der Waals surface area contributed by atoms with E-state index in [0.717, 1.165) is 32.1 Å². The number of hydrogen-bond acceptors (Lipinski definition) is 4. The van der Waals surface area contributed by atoms with E-state index in [2.05, 4.69) is 9.88 Å². The molecule has 5 heteroatoms. The Kier molecular flexibility index (Phi) is 5.88. The predicted molar refractivity (Wildman–Crippen MR) is 74.7 cm³/mol. The second-order valence-electron chi connectivity index (χ2n) is 5.40. The molecule has 20 heavy (non-hydrogen) atoms. The molecule has 2 unspecified atom stereocenters. The van der Waals surface area contributed by atoms with Crippen molar-refractivity contribution in [3.05, 3.63) is 29.8 Å². The fourth-order valence-electron chi connectivity index (χ4n) is 2.85. The largest absolute Gasteiger partial charge is 0.396 e. The standard InChI is InChI=1S/C15H23FN2O2/c16-12-4-5-14(17-11-12)15(20)6-9-18-8-2-1-3-13(18)7-10-19/h4-5,11,13,15,19-20H,1-3,6-10H2. The zero-order valence-corrected chi connectivity index (χ0v) is 11.7. The minimum Gasteiger partial charge on any atom is -0.396 e. The molecule has 0 aromatic carbocycles. The van der Waals surface area contributed by atoms with Gasteiger partial charge in [0.15, 0.2) is 0 Å². The normalized spacial score (nSPS) is 21.9. The summed E-state index contributed by atoms with van der Waals surface area (Å²) in [7, 11) is 0. The van der Waals surface area contributed by atoms with Gasteiger partial charge in [0.1, 0.15) is 5.82 Å². The summed E-state index contributed by atoms with van der Waals surface area (Å²) in [6, 6.07) is 3.27. The van der Waals surface area contributed by atoms with Crippen LogP contribution in [0.1, 0.15) is 43.9 Å². The summed E-state index contributed by atoms with van der Waals surface area (Å²) < 4.78 is 12.8. The van der Waals surface area contributed by atoms with Crippen molar-refractivity contribution in [1.29, 1.82) is 0 Å². The van der Waals surface area contributed by atoms with Crippen LogP contribution in [0.15, 0.2) is 18.3 Å². The van der Waals surface area contributed by atoms with E-state index in [4.69, 9.17) is 5.11 Å². The van der Waals surface area contributed by atoms with Crippen LogP contribution < -0.4 is 0 Å². The Balaban J connectivity index is 1.85. The van der Waals surface area contributed by atoms with Crippen molar-refractivity contribution in [3.63, 3.8) is 0 Å². The molecule has 0 aliphatic carbocycles. The van der Waals surface area contributed by atoms with Gasteiger partial charge in [-0.05, 0) is 44.4 Å². The van der Waals surface area contributed by atoms with Crippen molar-refractivity contribution < 1.29 is 14.6 Å². The van der Waals surface area contributed by atoms with Gasteiger partial charge in [0, 0.05) is 19.2 Å². The van der Waals surface area contributed by atoms with Crippen molar-refractivity contribution in [3.8, 4) is 0 Å². The lowest BCUT2D eigenvalue weighted by Gasteiger charge is -2.35. The molecule has 112 valence electrons. The molecular formula is C15H23FN2O2. The van der Waals surface area contributed by atoms with E-state index in [1.54, 1.807) is 0 Å². The highest BCUT2D eigenvalue weighted by molar-refractivity contribution is 5.08. The molecule has 2 rings (SSSR count). The van der Waals surface area contributed by atoms with Gasteiger partial charge in [0.2, 0.25) is 0 Å². The van der Waals surface area contributed by atoms with E-state index >= 15 is 0 Å². The Morgan fingerprint density at radius 1 is 1.40 bits per heavy atom. The molecule has 1 aliphatic rings. The SMILES string of the molecule is OCCC1CCCCN1CCC(O)c1ccc(F)cn1. The fourth-order valence-corrected chi connectivity index (χ4v) is 2.85. The van der Waals surface area contributed by atoms with E-state index in [1.165, 1.54) is 25.0 Å². The van der Waals surface area contributed by atoms with Crippen LogP contribution in [0.5, 0.6) is 0 Å². The molecule has 2 atom stereocenters. The van der Waals surface area contributed by atoms with Crippen LogP contribution in [-0.4, -0.2) is 45.8 Å². The second kappa shape index (κ2) is 7.67. The van der Waals surface area contributed by atoms with Crippen LogP contribution in [0.25, 0.3) is 0 Å². The molecule has 1 aromatic rings. The van der Waals surface area contributed by atoms with E-state index in [-0.39, 0.29) is 12.4 Å². The lowest BCUT2D eigenvalue weighted by atomic mass is 9.99. The summed E-state index contributed by atoms with van der Waals surface area (Å²) in [5.74, 6) is -0.389. The van der Waals surface area contributed by atoms with Crippen LogP contribution in [0, 0.1) is 5.82 Å². The second-order valence-corrected chi connectivity index (χ2v) is 5.40. The summed E-state index contributed by atoms with van der Waals surface area (Å²) in [5, 5.41) is 19.2. The molecular weight excluding hydrogens is 259 g/mol. The third kappa shape index (κ3) is 4.23. The van der Waals surface area contributed by atoms with Gasteiger partial charge in [0.05, 0.1) is 18.0 Å². The maximum Gasteiger partial charge on any atom is 0.141 e. The minimum absolute atomic E-state index is 0.212. The minimum atomic E-state index is -0.660. The van der Waals surface area contributed by atoms with Crippen molar-refractivity contribution in [2.75, 3.05) is 19.7 Å². The first-order chi connectivity index (χ1) is 9.70. The number of piperidine rings is 1. The van der Waals surface area contributed by atoms with Gasteiger partial charge in [-0.2, -0.15) is 0 Å². The molecule has 4 nitrogen and oxygen atoms in total. The average Bonchev–Trinajstić information content (AvgIpc) is 2.47. The molecule has 0 bridgehead atoms. The van der Waals surface area contributed by atoms with Gasteiger partial charge < -0.3 is 15.1 Å². The van der Waals surface area contributed by atoms with Gasteiger partial charge in [-0.1, -0.05) is 6.42 Å². The summed E-state index contributed by atoms with van der Waals surface area (Å²) in [5.41, 5.74) is 0.516. The number of aliphatic hydroxyl groups excluding tert-OH is 2. The molecule has 1 aromatic heterocycles. The molecule has 0 amide bonds.